The predicted molar refractivity (Wildman–Crippen MR) is 79.2 cm³/mol. The van der Waals surface area contributed by atoms with E-state index < -0.39 is 0 Å². The molecule has 0 amide bonds. The molecule has 1 aliphatic rings. The van der Waals surface area contributed by atoms with Gasteiger partial charge in [0.25, 0.3) is 0 Å². The van der Waals surface area contributed by atoms with Gasteiger partial charge >= 0.3 is 0 Å². The lowest BCUT2D eigenvalue weighted by atomic mass is 9.99. The molecule has 0 aliphatic heterocycles. The second-order valence-electron chi connectivity index (χ2n) is 5.45. The van der Waals surface area contributed by atoms with Gasteiger partial charge in [0, 0.05) is 4.88 Å². The lowest BCUT2D eigenvalue weighted by Crippen LogP contribution is -2.27. The number of thiazole rings is 1. The summed E-state index contributed by atoms with van der Waals surface area (Å²) >= 11 is 1.96. The Balaban J connectivity index is 2.15. The standard InChI is InChI=1S/C15H26N2S/c1-4-10-16-14(11(3)5-2)15-17-12-8-6-7-9-13(12)18-15/h11,14,16H,4-10H2,1-3H3. The first-order chi connectivity index (χ1) is 8.76. The highest BCUT2D eigenvalue weighted by Crippen LogP contribution is 2.33. The maximum atomic E-state index is 4.93. The topological polar surface area (TPSA) is 24.9 Å². The summed E-state index contributed by atoms with van der Waals surface area (Å²) in [7, 11) is 0. The van der Waals surface area contributed by atoms with E-state index in [9.17, 15) is 0 Å². The van der Waals surface area contributed by atoms with Crippen LogP contribution in [-0.4, -0.2) is 11.5 Å². The second-order valence-corrected chi connectivity index (χ2v) is 6.56. The van der Waals surface area contributed by atoms with Gasteiger partial charge < -0.3 is 5.32 Å². The summed E-state index contributed by atoms with van der Waals surface area (Å²) in [5, 5.41) is 5.03. The number of nitrogens with zero attached hydrogens (tertiary/aromatic N) is 1. The van der Waals surface area contributed by atoms with Crippen LogP contribution in [0.2, 0.25) is 0 Å². The second kappa shape index (κ2) is 6.67. The van der Waals surface area contributed by atoms with Crippen molar-refractivity contribution >= 4 is 11.3 Å². The van der Waals surface area contributed by atoms with E-state index in [1.165, 1.54) is 49.2 Å². The van der Waals surface area contributed by atoms with Crippen LogP contribution < -0.4 is 5.32 Å². The molecule has 18 heavy (non-hydrogen) atoms. The number of fused-ring (bicyclic) bond motifs is 1. The van der Waals surface area contributed by atoms with Gasteiger partial charge in [-0.1, -0.05) is 27.2 Å². The molecular formula is C15H26N2S. The maximum Gasteiger partial charge on any atom is 0.110 e. The van der Waals surface area contributed by atoms with Crippen LogP contribution in [0, 0.1) is 5.92 Å². The molecule has 2 atom stereocenters. The van der Waals surface area contributed by atoms with Gasteiger partial charge in [-0.3, -0.25) is 0 Å². The fourth-order valence-corrected chi connectivity index (χ4v) is 3.94. The van der Waals surface area contributed by atoms with Crippen molar-refractivity contribution in [2.24, 2.45) is 5.92 Å². The van der Waals surface area contributed by atoms with Gasteiger partial charge in [-0.2, -0.15) is 0 Å². The zero-order valence-electron chi connectivity index (χ0n) is 12.0. The van der Waals surface area contributed by atoms with Crippen LogP contribution in [0.25, 0.3) is 0 Å². The first kappa shape index (κ1) is 14.0. The van der Waals surface area contributed by atoms with Crippen LogP contribution in [0.1, 0.15) is 68.1 Å². The Morgan fingerprint density at radius 2 is 2.06 bits per heavy atom. The highest BCUT2D eigenvalue weighted by Gasteiger charge is 2.23. The van der Waals surface area contributed by atoms with E-state index in [0.29, 0.717) is 12.0 Å². The minimum atomic E-state index is 0.463. The molecule has 0 aromatic carbocycles. The fraction of sp³-hybridized carbons (Fsp3) is 0.800. The summed E-state index contributed by atoms with van der Waals surface area (Å²) in [4.78, 5) is 6.49. The smallest absolute Gasteiger partial charge is 0.110 e. The number of rotatable bonds is 6. The summed E-state index contributed by atoms with van der Waals surface area (Å²) in [6.07, 6.45) is 7.54. The number of aryl methyl sites for hydroxylation is 2. The van der Waals surface area contributed by atoms with Gasteiger partial charge in [0.15, 0.2) is 0 Å². The third-order valence-electron chi connectivity index (χ3n) is 3.96. The molecule has 1 aliphatic carbocycles. The van der Waals surface area contributed by atoms with Crippen LogP contribution in [-0.2, 0) is 12.8 Å². The molecule has 1 N–H and O–H groups in total. The van der Waals surface area contributed by atoms with Gasteiger partial charge in [-0.15, -0.1) is 11.3 Å². The summed E-state index contributed by atoms with van der Waals surface area (Å²) in [5.41, 5.74) is 1.40. The number of nitrogens with one attached hydrogen (secondary N) is 1. The Hall–Kier alpha value is -0.410. The largest absolute Gasteiger partial charge is 0.308 e. The molecule has 0 bridgehead atoms. The molecule has 0 spiro atoms. The molecule has 102 valence electrons. The lowest BCUT2D eigenvalue weighted by molar-refractivity contribution is 0.375. The molecule has 1 aromatic rings. The normalized spacial score (nSPS) is 18.4. The van der Waals surface area contributed by atoms with Crippen LogP contribution in [0.15, 0.2) is 0 Å². The molecule has 3 heteroatoms. The monoisotopic (exact) mass is 266 g/mol. The summed E-state index contributed by atoms with van der Waals surface area (Å²) in [6.45, 7) is 7.94. The van der Waals surface area contributed by atoms with Crippen LogP contribution in [0.4, 0.5) is 0 Å². The Bertz CT molecular complexity index is 349. The molecule has 1 heterocycles. The average molecular weight is 266 g/mol. The summed E-state index contributed by atoms with van der Waals surface area (Å²) in [6, 6.07) is 0.463. The molecule has 1 aromatic heterocycles. The quantitative estimate of drug-likeness (QED) is 0.838. The molecule has 0 saturated heterocycles. The Morgan fingerprint density at radius 1 is 1.28 bits per heavy atom. The van der Waals surface area contributed by atoms with Crippen molar-refractivity contribution in [1.82, 2.24) is 10.3 Å². The van der Waals surface area contributed by atoms with Crippen LogP contribution in [0.5, 0.6) is 0 Å². The van der Waals surface area contributed by atoms with Crippen molar-refractivity contribution < 1.29 is 0 Å². The van der Waals surface area contributed by atoms with Crippen molar-refractivity contribution in [2.45, 2.75) is 65.3 Å². The van der Waals surface area contributed by atoms with Crippen molar-refractivity contribution in [3.05, 3.63) is 15.6 Å². The minimum Gasteiger partial charge on any atom is -0.308 e. The summed E-state index contributed by atoms with van der Waals surface area (Å²) < 4.78 is 0. The molecule has 0 radical (unpaired) electrons. The molecule has 0 fully saturated rings. The Morgan fingerprint density at radius 3 is 2.72 bits per heavy atom. The minimum absolute atomic E-state index is 0.463. The van der Waals surface area contributed by atoms with E-state index in [2.05, 4.69) is 26.1 Å². The van der Waals surface area contributed by atoms with Crippen molar-refractivity contribution in [3.63, 3.8) is 0 Å². The first-order valence-corrected chi connectivity index (χ1v) is 8.29. The SMILES string of the molecule is CCCNC(c1nc2c(s1)CCCC2)C(C)CC. The van der Waals surface area contributed by atoms with Gasteiger partial charge in [0.05, 0.1) is 11.7 Å². The molecule has 2 unspecified atom stereocenters. The third kappa shape index (κ3) is 3.12. The zero-order valence-corrected chi connectivity index (χ0v) is 12.8. The Kier molecular flexibility index (Phi) is 5.19. The van der Waals surface area contributed by atoms with Crippen LogP contribution >= 0.6 is 11.3 Å². The lowest BCUT2D eigenvalue weighted by Gasteiger charge is -2.22. The van der Waals surface area contributed by atoms with E-state index in [4.69, 9.17) is 4.98 Å². The average Bonchev–Trinajstić information content (AvgIpc) is 2.82. The highest BCUT2D eigenvalue weighted by molar-refractivity contribution is 7.11. The van der Waals surface area contributed by atoms with E-state index in [1.807, 2.05) is 11.3 Å². The van der Waals surface area contributed by atoms with E-state index in [-0.39, 0.29) is 0 Å². The molecule has 2 rings (SSSR count). The molecule has 0 saturated carbocycles. The molecular weight excluding hydrogens is 240 g/mol. The maximum absolute atomic E-state index is 4.93. The highest BCUT2D eigenvalue weighted by atomic mass is 32.1. The Labute approximate surface area is 115 Å². The number of aromatic nitrogens is 1. The predicted octanol–water partition coefficient (Wildman–Crippen LogP) is 4.11. The van der Waals surface area contributed by atoms with Crippen molar-refractivity contribution in [3.8, 4) is 0 Å². The first-order valence-electron chi connectivity index (χ1n) is 7.48. The number of hydrogen-bond acceptors (Lipinski definition) is 3. The zero-order chi connectivity index (χ0) is 13.0. The van der Waals surface area contributed by atoms with Gasteiger partial charge in [-0.25, -0.2) is 4.98 Å². The van der Waals surface area contributed by atoms with E-state index in [1.54, 1.807) is 4.88 Å². The van der Waals surface area contributed by atoms with E-state index >= 15 is 0 Å². The van der Waals surface area contributed by atoms with Gasteiger partial charge in [-0.05, 0) is 44.6 Å². The van der Waals surface area contributed by atoms with Gasteiger partial charge in [0.1, 0.15) is 5.01 Å². The third-order valence-corrected chi connectivity index (χ3v) is 5.20. The van der Waals surface area contributed by atoms with Crippen molar-refractivity contribution in [1.29, 1.82) is 0 Å². The molecule has 2 nitrogen and oxygen atoms in total. The summed E-state index contributed by atoms with van der Waals surface area (Å²) in [5.74, 6) is 0.671. The van der Waals surface area contributed by atoms with Gasteiger partial charge in [0.2, 0.25) is 0 Å². The van der Waals surface area contributed by atoms with Crippen molar-refractivity contribution in [2.75, 3.05) is 6.54 Å². The van der Waals surface area contributed by atoms with Crippen LogP contribution in [0.3, 0.4) is 0 Å². The number of hydrogen-bond donors (Lipinski definition) is 1. The van der Waals surface area contributed by atoms with E-state index in [0.717, 1.165) is 6.54 Å². The fourth-order valence-electron chi connectivity index (χ4n) is 2.57.